The van der Waals surface area contributed by atoms with Crippen LogP contribution in [0.5, 0.6) is 0 Å². The monoisotopic (exact) mass is 421 g/mol. The molecule has 1 aromatic carbocycles. The van der Waals surface area contributed by atoms with Crippen LogP contribution in [-0.4, -0.2) is 50.1 Å². The van der Waals surface area contributed by atoms with Gasteiger partial charge in [-0.05, 0) is 62.3 Å². The third-order valence-corrected chi connectivity index (χ3v) is 6.45. The Kier molecular flexibility index (Phi) is 9.41. The number of hydrogen-bond acceptors (Lipinski definition) is 3. The van der Waals surface area contributed by atoms with Crippen LogP contribution in [0.2, 0.25) is 0 Å². The fourth-order valence-corrected chi connectivity index (χ4v) is 4.32. The number of carbonyl (C=O) groups excluding carboxylic acids is 1. The van der Waals surface area contributed by atoms with Crippen LogP contribution in [0.3, 0.4) is 0 Å². The smallest absolute Gasteiger partial charge is 0.247 e. The summed E-state index contributed by atoms with van der Waals surface area (Å²) < 4.78 is 0. The summed E-state index contributed by atoms with van der Waals surface area (Å²) in [4.78, 5) is 17.7. The highest BCUT2D eigenvalue weighted by Gasteiger charge is 2.16. The van der Waals surface area contributed by atoms with Gasteiger partial charge in [0.1, 0.15) is 0 Å². The lowest BCUT2D eigenvalue weighted by atomic mass is 9.94. The molecule has 0 bridgehead atoms. The number of piperazine rings is 1. The van der Waals surface area contributed by atoms with Gasteiger partial charge in [-0.3, -0.25) is 9.69 Å². The van der Waals surface area contributed by atoms with E-state index in [1.807, 2.05) is 0 Å². The molecule has 1 heterocycles. The third kappa shape index (κ3) is 7.39. The largest absolute Gasteiger partial charge is 0.369 e. The van der Waals surface area contributed by atoms with E-state index in [0.29, 0.717) is 5.92 Å². The first kappa shape index (κ1) is 23.3. The molecule has 0 spiro atoms. The molecule has 31 heavy (non-hydrogen) atoms. The van der Waals surface area contributed by atoms with Gasteiger partial charge >= 0.3 is 0 Å². The molecule has 3 rings (SSSR count). The Morgan fingerprint density at radius 3 is 2.65 bits per heavy atom. The first-order valence-corrected chi connectivity index (χ1v) is 12.0. The highest BCUT2D eigenvalue weighted by Crippen LogP contribution is 2.23. The van der Waals surface area contributed by atoms with E-state index in [1.165, 1.54) is 11.3 Å². The number of hydrogen-bond donors (Lipinski definition) is 1. The molecule has 0 aromatic heterocycles. The number of benzene rings is 1. The van der Waals surface area contributed by atoms with Gasteiger partial charge in [0.25, 0.3) is 0 Å². The predicted molar refractivity (Wildman–Crippen MR) is 131 cm³/mol. The number of rotatable bonds is 9. The maximum atomic E-state index is 12.6. The molecule has 1 fully saturated rings. The van der Waals surface area contributed by atoms with Crippen molar-refractivity contribution in [2.75, 3.05) is 44.2 Å². The number of unbranched alkanes of at least 4 members (excludes halogenated alkanes) is 1. The Labute approximate surface area is 188 Å². The summed E-state index contributed by atoms with van der Waals surface area (Å²) in [6, 6.07) is 10.7. The Morgan fingerprint density at radius 1 is 1.13 bits per heavy atom. The third-order valence-electron chi connectivity index (χ3n) is 6.45. The van der Waals surface area contributed by atoms with Gasteiger partial charge in [-0.15, -0.1) is 0 Å². The normalized spacial score (nSPS) is 20.3. The highest BCUT2D eigenvalue weighted by molar-refractivity contribution is 5.93. The van der Waals surface area contributed by atoms with E-state index in [4.69, 9.17) is 0 Å². The summed E-state index contributed by atoms with van der Waals surface area (Å²) in [5.41, 5.74) is 3.50. The van der Waals surface area contributed by atoms with E-state index in [9.17, 15) is 4.79 Å². The standard InChI is InChI=1S/C27H39N3O/c1-3-24(22-25-13-7-4-6-12-23(25)2)27(31)28-16-10-11-17-29-18-20-30(21-19-29)26-14-8-5-9-15-26/h4-5,7-9,13-15,22-23H,3,6,10-12,16-21H2,1-2H3,(H,28,31)/b24-22+. The number of para-hydroxylation sites is 1. The summed E-state index contributed by atoms with van der Waals surface area (Å²) >= 11 is 0. The Morgan fingerprint density at radius 2 is 1.90 bits per heavy atom. The first-order chi connectivity index (χ1) is 15.2. The SMILES string of the molecule is CC/C(=C\C1=CC=CCCC1C)C(=O)NCCCCN1CCN(c2ccccc2)CC1. The highest BCUT2D eigenvalue weighted by atomic mass is 16.1. The Balaban J connectivity index is 1.34. The van der Waals surface area contributed by atoms with Crippen LogP contribution >= 0.6 is 0 Å². The minimum atomic E-state index is 0.0975. The van der Waals surface area contributed by atoms with E-state index in [2.05, 4.69) is 83.6 Å². The average Bonchev–Trinajstić information content (AvgIpc) is 3.01. The molecule has 0 radical (unpaired) electrons. The number of nitrogens with zero attached hydrogens (tertiary/aromatic N) is 2. The number of allylic oxidation sites excluding steroid dienone is 5. The predicted octanol–water partition coefficient (Wildman–Crippen LogP) is 4.95. The van der Waals surface area contributed by atoms with Crippen LogP contribution in [0.1, 0.15) is 46.0 Å². The van der Waals surface area contributed by atoms with Crippen LogP contribution in [0.15, 0.2) is 65.8 Å². The molecular weight excluding hydrogens is 382 g/mol. The van der Waals surface area contributed by atoms with Crippen molar-refractivity contribution in [3.05, 3.63) is 65.8 Å². The van der Waals surface area contributed by atoms with Crippen molar-refractivity contribution in [2.45, 2.75) is 46.0 Å². The summed E-state index contributed by atoms with van der Waals surface area (Å²) in [7, 11) is 0. The topological polar surface area (TPSA) is 35.6 Å². The second-order valence-electron chi connectivity index (χ2n) is 8.72. The molecule has 1 unspecified atom stereocenters. The zero-order valence-electron chi connectivity index (χ0n) is 19.4. The van der Waals surface area contributed by atoms with Crippen LogP contribution in [0.4, 0.5) is 5.69 Å². The van der Waals surface area contributed by atoms with Gasteiger partial charge in [0.05, 0.1) is 0 Å². The summed E-state index contributed by atoms with van der Waals surface area (Å²) in [5, 5.41) is 3.14. The summed E-state index contributed by atoms with van der Waals surface area (Å²) in [5.74, 6) is 0.604. The van der Waals surface area contributed by atoms with Gasteiger partial charge in [-0.2, -0.15) is 0 Å². The van der Waals surface area contributed by atoms with Crippen molar-refractivity contribution in [1.82, 2.24) is 10.2 Å². The molecule has 1 aromatic rings. The maximum absolute atomic E-state index is 12.6. The number of amides is 1. The van der Waals surface area contributed by atoms with Crippen molar-refractivity contribution < 1.29 is 4.79 Å². The van der Waals surface area contributed by atoms with Crippen LogP contribution in [0.25, 0.3) is 0 Å². The minimum Gasteiger partial charge on any atom is -0.369 e. The fraction of sp³-hybridized carbons (Fsp3) is 0.519. The Hall–Kier alpha value is -2.33. The maximum Gasteiger partial charge on any atom is 0.247 e. The van der Waals surface area contributed by atoms with Gasteiger partial charge in [0, 0.05) is 44.0 Å². The Bertz CT molecular complexity index is 773. The molecule has 4 nitrogen and oxygen atoms in total. The van der Waals surface area contributed by atoms with E-state index >= 15 is 0 Å². The van der Waals surface area contributed by atoms with E-state index in [-0.39, 0.29) is 5.91 Å². The molecule has 1 aliphatic heterocycles. The van der Waals surface area contributed by atoms with Crippen LogP contribution in [0, 0.1) is 5.92 Å². The number of anilines is 1. The van der Waals surface area contributed by atoms with Crippen molar-refractivity contribution >= 4 is 11.6 Å². The molecule has 4 heteroatoms. The lowest BCUT2D eigenvalue weighted by Crippen LogP contribution is -2.46. The van der Waals surface area contributed by atoms with E-state index in [0.717, 1.165) is 76.9 Å². The molecule has 2 aliphatic rings. The molecule has 1 saturated heterocycles. The van der Waals surface area contributed by atoms with Crippen molar-refractivity contribution in [3.8, 4) is 0 Å². The van der Waals surface area contributed by atoms with E-state index < -0.39 is 0 Å². The summed E-state index contributed by atoms with van der Waals surface area (Å²) in [6.45, 7) is 10.6. The van der Waals surface area contributed by atoms with Gasteiger partial charge in [-0.1, -0.05) is 56.4 Å². The minimum absolute atomic E-state index is 0.0975. The van der Waals surface area contributed by atoms with Crippen LogP contribution < -0.4 is 10.2 Å². The molecule has 168 valence electrons. The second-order valence-corrected chi connectivity index (χ2v) is 8.72. The van der Waals surface area contributed by atoms with E-state index in [1.54, 1.807) is 0 Å². The zero-order chi connectivity index (χ0) is 21.9. The second kappa shape index (κ2) is 12.5. The molecule has 1 amide bonds. The molecule has 0 saturated carbocycles. The van der Waals surface area contributed by atoms with Gasteiger partial charge in [0.2, 0.25) is 5.91 Å². The molecule has 1 aliphatic carbocycles. The number of nitrogens with one attached hydrogen (secondary N) is 1. The number of carbonyl (C=O) groups is 1. The quantitative estimate of drug-likeness (QED) is 0.452. The first-order valence-electron chi connectivity index (χ1n) is 12.0. The molecule has 1 atom stereocenters. The van der Waals surface area contributed by atoms with Gasteiger partial charge < -0.3 is 10.2 Å². The molecular formula is C27H39N3O. The van der Waals surface area contributed by atoms with Gasteiger partial charge in [0.15, 0.2) is 0 Å². The van der Waals surface area contributed by atoms with Crippen molar-refractivity contribution in [2.24, 2.45) is 5.92 Å². The lowest BCUT2D eigenvalue weighted by Gasteiger charge is -2.36. The van der Waals surface area contributed by atoms with Gasteiger partial charge in [-0.25, -0.2) is 0 Å². The summed E-state index contributed by atoms with van der Waals surface area (Å²) in [6.07, 6.45) is 13.8. The van der Waals surface area contributed by atoms with Crippen molar-refractivity contribution in [1.29, 1.82) is 0 Å². The van der Waals surface area contributed by atoms with Crippen LogP contribution in [-0.2, 0) is 4.79 Å². The fourth-order valence-electron chi connectivity index (χ4n) is 4.32. The van der Waals surface area contributed by atoms with Crippen molar-refractivity contribution in [3.63, 3.8) is 0 Å². The average molecular weight is 422 g/mol. The zero-order valence-corrected chi connectivity index (χ0v) is 19.4. The lowest BCUT2D eigenvalue weighted by molar-refractivity contribution is -0.117. The molecule has 1 N–H and O–H groups in total.